The van der Waals surface area contributed by atoms with E-state index in [1.807, 2.05) is 28.9 Å². The minimum Gasteiger partial charge on any atom is -0.464 e. The molecule has 1 heterocycles. The average Bonchev–Trinajstić information content (AvgIpc) is 2.99. The molecule has 4 heteroatoms. The molecule has 4 nitrogen and oxygen atoms in total. The molecule has 24 heavy (non-hydrogen) atoms. The summed E-state index contributed by atoms with van der Waals surface area (Å²) in [5.74, 6) is -0.410. The summed E-state index contributed by atoms with van der Waals surface area (Å²) < 4.78 is 6.68. The normalized spacial score (nSPS) is 10.6. The van der Waals surface area contributed by atoms with Gasteiger partial charge in [0.15, 0.2) is 5.69 Å². The SMILES string of the molecule is COC(=O)c1cc(Cc2ccc(C)cc2)n(Cc2ccccc2)n1. The molecule has 0 atom stereocenters. The zero-order valence-electron chi connectivity index (χ0n) is 13.9. The molecule has 0 unspecified atom stereocenters. The Hall–Kier alpha value is -2.88. The Bertz CT molecular complexity index is 821. The van der Waals surface area contributed by atoms with Gasteiger partial charge in [-0.25, -0.2) is 4.79 Å². The first kappa shape index (κ1) is 16.0. The van der Waals surface area contributed by atoms with Crippen molar-refractivity contribution in [2.24, 2.45) is 0 Å². The second-order valence-electron chi connectivity index (χ2n) is 5.82. The minimum atomic E-state index is -0.410. The van der Waals surface area contributed by atoms with Gasteiger partial charge in [-0.3, -0.25) is 4.68 Å². The zero-order chi connectivity index (χ0) is 16.9. The van der Waals surface area contributed by atoms with E-state index in [4.69, 9.17) is 4.74 Å². The van der Waals surface area contributed by atoms with Crippen LogP contribution in [0.4, 0.5) is 0 Å². The molecule has 0 spiro atoms. The van der Waals surface area contributed by atoms with Gasteiger partial charge in [-0.05, 0) is 24.1 Å². The maximum atomic E-state index is 11.8. The molecule has 122 valence electrons. The number of nitrogens with zero attached hydrogens (tertiary/aromatic N) is 2. The van der Waals surface area contributed by atoms with Crippen molar-refractivity contribution in [2.75, 3.05) is 7.11 Å². The molecular formula is C20H20N2O2. The van der Waals surface area contributed by atoms with E-state index in [1.54, 1.807) is 0 Å². The van der Waals surface area contributed by atoms with E-state index in [-0.39, 0.29) is 0 Å². The van der Waals surface area contributed by atoms with Gasteiger partial charge in [-0.15, -0.1) is 0 Å². The molecule has 0 saturated carbocycles. The molecule has 0 fully saturated rings. The third kappa shape index (κ3) is 3.71. The van der Waals surface area contributed by atoms with Crippen molar-refractivity contribution in [3.8, 4) is 0 Å². The van der Waals surface area contributed by atoms with Gasteiger partial charge < -0.3 is 4.74 Å². The van der Waals surface area contributed by atoms with Crippen LogP contribution in [0.2, 0.25) is 0 Å². The van der Waals surface area contributed by atoms with E-state index in [1.165, 1.54) is 18.2 Å². The third-order valence-corrected chi connectivity index (χ3v) is 3.94. The molecule has 0 aliphatic heterocycles. The number of hydrogen-bond donors (Lipinski definition) is 0. The molecule has 1 aromatic heterocycles. The van der Waals surface area contributed by atoms with Gasteiger partial charge in [0.05, 0.1) is 13.7 Å². The summed E-state index contributed by atoms with van der Waals surface area (Å²) in [5, 5.41) is 4.43. The summed E-state index contributed by atoms with van der Waals surface area (Å²) in [7, 11) is 1.37. The Morgan fingerprint density at radius 2 is 1.75 bits per heavy atom. The molecule has 0 saturated heterocycles. The second-order valence-corrected chi connectivity index (χ2v) is 5.82. The summed E-state index contributed by atoms with van der Waals surface area (Å²) in [6.07, 6.45) is 0.719. The monoisotopic (exact) mass is 320 g/mol. The minimum absolute atomic E-state index is 0.343. The van der Waals surface area contributed by atoms with E-state index in [2.05, 4.69) is 48.4 Å². The number of hydrogen-bond acceptors (Lipinski definition) is 3. The number of carbonyl (C=O) groups excluding carboxylic acids is 1. The summed E-state index contributed by atoms with van der Waals surface area (Å²) in [4.78, 5) is 11.8. The highest BCUT2D eigenvalue weighted by molar-refractivity contribution is 5.87. The Kier molecular flexibility index (Phi) is 4.75. The van der Waals surface area contributed by atoms with Gasteiger partial charge in [-0.1, -0.05) is 60.2 Å². The Morgan fingerprint density at radius 1 is 1.04 bits per heavy atom. The van der Waals surface area contributed by atoms with Crippen LogP contribution in [0.15, 0.2) is 60.7 Å². The molecule has 0 bridgehead atoms. The van der Waals surface area contributed by atoms with E-state index < -0.39 is 5.97 Å². The second kappa shape index (κ2) is 7.13. The van der Waals surface area contributed by atoms with Crippen LogP contribution >= 0.6 is 0 Å². The van der Waals surface area contributed by atoms with Gasteiger partial charge >= 0.3 is 5.97 Å². The predicted molar refractivity (Wildman–Crippen MR) is 93.1 cm³/mol. The van der Waals surface area contributed by atoms with Crippen molar-refractivity contribution in [1.82, 2.24) is 9.78 Å². The van der Waals surface area contributed by atoms with Crippen LogP contribution in [0.5, 0.6) is 0 Å². The molecule has 0 aliphatic rings. The molecule has 3 rings (SSSR count). The topological polar surface area (TPSA) is 44.1 Å². The molecular weight excluding hydrogens is 300 g/mol. The number of aryl methyl sites for hydroxylation is 1. The highest BCUT2D eigenvalue weighted by Gasteiger charge is 2.15. The number of carbonyl (C=O) groups is 1. The number of methoxy groups -OCH3 is 1. The lowest BCUT2D eigenvalue weighted by Crippen LogP contribution is -2.08. The van der Waals surface area contributed by atoms with Crippen LogP contribution in [-0.2, 0) is 17.7 Å². The maximum Gasteiger partial charge on any atom is 0.358 e. The van der Waals surface area contributed by atoms with Gasteiger partial charge in [0.25, 0.3) is 0 Å². The fourth-order valence-corrected chi connectivity index (χ4v) is 2.61. The van der Waals surface area contributed by atoms with Gasteiger partial charge in [0, 0.05) is 12.1 Å². The van der Waals surface area contributed by atoms with Crippen molar-refractivity contribution in [2.45, 2.75) is 19.9 Å². The maximum absolute atomic E-state index is 11.8. The van der Waals surface area contributed by atoms with Gasteiger partial charge in [-0.2, -0.15) is 5.10 Å². The summed E-state index contributed by atoms with van der Waals surface area (Å²) in [5.41, 5.74) is 4.89. The van der Waals surface area contributed by atoms with E-state index in [0.717, 1.165) is 17.7 Å². The Morgan fingerprint density at radius 3 is 2.42 bits per heavy atom. The molecule has 0 amide bonds. The van der Waals surface area contributed by atoms with Crippen LogP contribution in [-0.4, -0.2) is 22.9 Å². The number of benzene rings is 2. The first-order valence-corrected chi connectivity index (χ1v) is 7.90. The summed E-state index contributed by atoms with van der Waals surface area (Å²) in [6, 6.07) is 20.3. The highest BCUT2D eigenvalue weighted by Crippen LogP contribution is 2.15. The lowest BCUT2D eigenvalue weighted by Gasteiger charge is -2.08. The third-order valence-electron chi connectivity index (χ3n) is 3.94. The van der Waals surface area contributed by atoms with Crippen LogP contribution in [0, 0.1) is 6.92 Å². The number of ether oxygens (including phenoxy) is 1. The van der Waals surface area contributed by atoms with E-state index in [0.29, 0.717) is 12.2 Å². The van der Waals surface area contributed by atoms with Gasteiger partial charge in [0.1, 0.15) is 0 Å². The smallest absolute Gasteiger partial charge is 0.358 e. The fraction of sp³-hybridized carbons (Fsp3) is 0.200. The molecule has 0 N–H and O–H groups in total. The standard InChI is InChI=1S/C20H20N2O2/c1-15-8-10-16(11-9-15)12-18-13-19(20(23)24-2)21-22(18)14-17-6-4-3-5-7-17/h3-11,13H,12,14H2,1-2H3. The number of aromatic nitrogens is 2. The quantitative estimate of drug-likeness (QED) is 0.675. The van der Waals surface area contributed by atoms with E-state index >= 15 is 0 Å². The molecule has 2 aromatic carbocycles. The van der Waals surface area contributed by atoms with Crippen molar-refractivity contribution in [3.05, 3.63) is 88.7 Å². The molecule has 0 radical (unpaired) electrons. The molecule has 0 aliphatic carbocycles. The Labute approximate surface area is 141 Å². The van der Waals surface area contributed by atoms with Crippen LogP contribution in [0.25, 0.3) is 0 Å². The van der Waals surface area contributed by atoms with Crippen molar-refractivity contribution < 1.29 is 9.53 Å². The summed E-state index contributed by atoms with van der Waals surface area (Å²) >= 11 is 0. The first-order valence-electron chi connectivity index (χ1n) is 7.90. The van der Waals surface area contributed by atoms with Crippen molar-refractivity contribution in [1.29, 1.82) is 0 Å². The number of rotatable bonds is 5. The van der Waals surface area contributed by atoms with Gasteiger partial charge in [0.2, 0.25) is 0 Å². The predicted octanol–water partition coefficient (Wildman–Crippen LogP) is 3.62. The van der Waals surface area contributed by atoms with Crippen LogP contribution in [0.3, 0.4) is 0 Å². The number of esters is 1. The van der Waals surface area contributed by atoms with Crippen molar-refractivity contribution >= 4 is 5.97 Å². The highest BCUT2D eigenvalue weighted by atomic mass is 16.5. The Balaban J connectivity index is 1.91. The van der Waals surface area contributed by atoms with Crippen LogP contribution < -0.4 is 0 Å². The largest absolute Gasteiger partial charge is 0.464 e. The van der Waals surface area contributed by atoms with Crippen molar-refractivity contribution in [3.63, 3.8) is 0 Å². The van der Waals surface area contributed by atoms with Crippen LogP contribution in [0.1, 0.15) is 32.9 Å². The lowest BCUT2D eigenvalue weighted by atomic mass is 10.1. The van der Waals surface area contributed by atoms with E-state index in [9.17, 15) is 4.79 Å². The molecule has 3 aromatic rings. The first-order chi connectivity index (χ1) is 11.7. The summed E-state index contributed by atoms with van der Waals surface area (Å²) in [6.45, 7) is 2.69. The average molecular weight is 320 g/mol. The zero-order valence-corrected chi connectivity index (χ0v) is 13.9. The lowest BCUT2D eigenvalue weighted by molar-refractivity contribution is 0.0593. The fourth-order valence-electron chi connectivity index (χ4n) is 2.61.